The number of carbonyl (C=O) groups is 1. The highest BCUT2D eigenvalue weighted by Gasteiger charge is 2.20. The van der Waals surface area contributed by atoms with Crippen LogP contribution in [0.4, 0.5) is 10.1 Å². The highest BCUT2D eigenvalue weighted by Crippen LogP contribution is 2.23. The first-order valence-electron chi connectivity index (χ1n) is 5.76. The lowest BCUT2D eigenvalue weighted by Crippen LogP contribution is -2.27. The van der Waals surface area contributed by atoms with Crippen LogP contribution in [0.1, 0.15) is 10.4 Å². The fraction of sp³-hybridized carbons (Fsp3) is 0.143. The van der Waals surface area contributed by atoms with Gasteiger partial charge in [-0.25, -0.2) is 9.37 Å². The molecule has 6 heteroatoms. The number of anilines is 1. The Morgan fingerprint density at radius 3 is 2.65 bits per heavy atom. The maximum Gasteiger partial charge on any atom is 0.262 e. The van der Waals surface area contributed by atoms with E-state index in [-0.39, 0.29) is 10.6 Å². The van der Waals surface area contributed by atoms with E-state index in [0.29, 0.717) is 11.6 Å². The summed E-state index contributed by atoms with van der Waals surface area (Å²) in [5.41, 5.74) is 0.350. The number of pyridine rings is 1. The van der Waals surface area contributed by atoms with Crippen LogP contribution < -0.4 is 9.64 Å². The van der Waals surface area contributed by atoms with E-state index in [4.69, 9.17) is 16.3 Å². The van der Waals surface area contributed by atoms with Crippen LogP contribution in [0.3, 0.4) is 0 Å². The number of aromatic nitrogens is 1. The fourth-order valence-corrected chi connectivity index (χ4v) is 1.92. The smallest absolute Gasteiger partial charge is 0.262 e. The van der Waals surface area contributed by atoms with Gasteiger partial charge in [-0.05, 0) is 18.2 Å². The van der Waals surface area contributed by atoms with Crippen LogP contribution in [0.5, 0.6) is 5.88 Å². The van der Waals surface area contributed by atoms with Crippen LogP contribution >= 0.6 is 11.6 Å². The Labute approximate surface area is 120 Å². The first kappa shape index (κ1) is 14.3. The SMILES string of the molecule is COc1ccc(N(C)C(=O)c2c(F)cccc2Cl)cn1. The van der Waals surface area contributed by atoms with Crippen molar-refractivity contribution in [3.8, 4) is 5.88 Å². The molecule has 2 rings (SSSR count). The van der Waals surface area contributed by atoms with Gasteiger partial charge in [0.2, 0.25) is 5.88 Å². The number of hydrogen-bond donors (Lipinski definition) is 0. The molecule has 0 bridgehead atoms. The lowest BCUT2D eigenvalue weighted by molar-refractivity contribution is 0.0989. The zero-order valence-electron chi connectivity index (χ0n) is 10.9. The van der Waals surface area contributed by atoms with Crippen molar-refractivity contribution in [1.82, 2.24) is 4.98 Å². The molecule has 0 aliphatic carbocycles. The van der Waals surface area contributed by atoms with E-state index in [1.807, 2.05) is 0 Å². The Morgan fingerprint density at radius 2 is 2.10 bits per heavy atom. The first-order chi connectivity index (χ1) is 9.54. The van der Waals surface area contributed by atoms with Crippen LogP contribution in [0.2, 0.25) is 5.02 Å². The van der Waals surface area contributed by atoms with Crippen molar-refractivity contribution in [3.63, 3.8) is 0 Å². The molecule has 1 amide bonds. The molecule has 0 aliphatic heterocycles. The monoisotopic (exact) mass is 294 g/mol. The molecule has 0 N–H and O–H groups in total. The summed E-state index contributed by atoms with van der Waals surface area (Å²) in [4.78, 5) is 17.6. The van der Waals surface area contributed by atoms with Crippen molar-refractivity contribution in [2.75, 3.05) is 19.1 Å². The Hall–Kier alpha value is -2.14. The van der Waals surface area contributed by atoms with Gasteiger partial charge in [0, 0.05) is 13.1 Å². The van der Waals surface area contributed by atoms with E-state index in [2.05, 4.69) is 4.98 Å². The van der Waals surface area contributed by atoms with Gasteiger partial charge in [-0.1, -0.05) is 17.7 Å². The number of methoxy groups -OCH3 is 1. The number of nitrogens with zero attached hydrogens (tertiary/aromatic N) is 2. The van der Waals surface area contributed by atoms with Crippen molar-refractivity contribution >= 4 is 23.2 Å². The third-order valence-electron chi connectivity index (χ3n) is 2.80. The molecule has 104 valence electrons. The Balaban J connectivity index is 2.32. The highest BCUT2D eigenvalue weighted by molar-refractivity contribution is 6.34. The quantitative estimate of drug-likeness (QED) is 0.873. The number of rotatable bonds is 3. The number of ether oxygens (including phenoxy) is 1. The molecule has 0 spiro atoms. The Bertz CT molecular complexity index is 611. The van der Waals surface area contributed by atoms with Gasteiger partial charge in [-0.3, -0.25) is 4.79 Å². The second kappa shape index (κ2) is 5.88. The molecule has 0 unspecified atom stereocenters. The van der Waals surface area contributed by atoms with E-state index in [1.54, 1.807) is 12.1 Å². The molecule has 0 radical (unpaired) electrons. The summed E-state index contributed by atoms with van der Waals surface area (Å²) in [6.07, 6.45) is 1.46. The van der Waals surface area contributed by atoms with E-state index in [0.717, 1.165) is 0 Å². The number of carbonyl (C=O) groups excluding carboxylic acids is 1. The molecule has 0 fully saturated rings. The molecule has 0 atom stereocenters. The van der Waals surface area contributed by atoms with Crippen LogP contribution in [-0.4, -0.2) is 25.0 Å². The zero-order valence-corrected chi connectivity index (χ0v) is 11.7. The average molecular weight is 295 g/mol. The van der Waals surface area contributed by atoms with Crippen molar-refractivity contribution in [3.05, 3.63) is 52.9 Å². The molecule has 0 aliphatic rings. The van der Waals surface area contributed by atoms with Gasteiger partial charge in [0.25, 0.3) is 5.91 Å². The number of hydrogen-bond acceptors (Lipinski definition) is 3. The predicted molar refractivity (Wildman–Crippen MR) is 74.9 cm³/mol. The van der Waals surface area contributed by atoms with Crippen LogP contribution in [0.15, 0.2) is 36.5 Å². The van der Waals surface area contributed by atoms with Crippen molar-refractivity contribution in [2.45, 2.75) is 0 Å². The summed E-state index contributed by atoms with van der Waals surface area (Å²) >= 11 is 5.88. The number of benzene rings is 1. The second-order valence-electron chi connectivity index (χ2n) is 4.02. The lowest BCUT2D eigenvalue weighted by Gasteiger charge is -2.18. The maximum absolute atomic E-state index is 13.7. The van der Waals surface area contributed by atoms with Crippen molar-refractivity contribution in [2.24, 2.45) is 0 Å². The van der Waals surface area contributed by atoms with Crippen molar-refractivity contribution in [1.29, 1.82) is 0 Å². The minimum atomic E-state index is -0.657. The molecular formula is C14H12ClFN2O2. The minimum absolute atomic E-state index is 0.0725. The summed E-state index contributed by atoms with van der Waals surface area (Å²) in [7, 11) is 3.02. The standard InChI is InChI=1S/C14H12ClFN2O2/c1-18(9-6-7-12(20-2)17-8-9)14(19)13-10(15)4-3-5-11(13)16/h3-8H,1-2H3. The molecule has 1 aromatic heterocycles. The normalized spacial score (nSPS) is 10.2. The Morgan fingerprint density at radius 1 is 1.35 bits per heavy atom. The van der Waals surface area contributed by atoms with Gasteiger partial charge >= 0.3 is 0 Å². The van der Waals surface area contributed by atoms with Gasteiger partial charge in [0.1, 0.15) is 5.82 Å². The van der Waals surface area contributed by atoms with E-state index in [1.165, 1.54) is 43.5 Å². The van der Waals surface area contributed by atoms with Gasteiger partial charge in [-0.2, -0.15) is 0 Å². The minimum Gasteiger partial charge on any atom is -0.481 e. The third kappa shape index (κ3) is 2.72. The molecule has 20 heavy (non-hydrogen) atoms. The summed E-state index contributed by atoms with van der Waals surface area (Å²) in [6, 6.07) is 7.38. The fourth-order valence-electron chi connectivity index (χ4n) is 1.68. The van der Waals surface area contributed by atoms with E-state index in [9.17, 15) is 9.18 Å². The van der Waals surface area contributed by atoms with E-state index >= 15 is 0 Å². The van der Waals surface area contributed by atoms with Crippen molar-refractivity contribution < 1.29 is 13.9 Å². The summed E-state index contributed by atoms with van der Waals surface area (Å²) in [5.74, 6) is -0.769. The topological polar surface area (TPSA) is 42.4 Å². The highest BCUT2D eigenvalue weighted by atomic mass is 35.5. The lowest BCUT2D eigenvalue weighted by atomic mass is 10.2. The average Bonchev–Trinajstić information content (AvgIpc) is 2.46. The maximum atomic E-state index is 13.7. The molecule has 1 aromatic carbocycles. The molecular weight excluding hydrogens is 283 g/mol. The number of amides is 1. The van der Waals surface area contributed by atoms with Gasteiger partial charge in [0.15, 0.2) is 0 Å². The second-order valence-corrected chi connectivity index (χ2v) is 4.43. The van der Waals surface area contributed by atoms with Gasteiger partial charge < -0.3 is 9.64 Å². The van der Waals surface area contributed by atoms with Crippen LogP contribution in [0, 0.1) is 5.82 Å². The molecule has 2 aromatic rings. The summed E-state index contributed by atoms with van der Waals surface area (Å²) in [5, 5.41) is 0.0725. The predicted octanol–water partition coefficient (Wildman–Crippen LogP) is 3.16. The zero-order chi connectivity index (χ0) is 14.7. The third-order valence-corrected chi connectivity index (χ3v) is 3.11. The Kier molecular flexibility index (Phi) is 4.20. The largest absolute Gasteiger partial charge is 0.481 e. The molecule has 1 heterocycles. The van der Waals surface area contributed by atoms with Gasteiger partial charge in [0.05, 0.1) is 29.6 Å². The molecule has 0 saturated carbocycles. The molecule has 4 nitrogen and oxygen atoms in total. The van der Waals surface area contributed by atoms with Crippen LogP contribution in [0.25, 0.3) is 0 Å². The van der Waals surface area contributed by atoms with E-state index < -0.39 is 11.7 Å². The first-order valence-corrected chi connectivity index (χ1v) is 6.14. The van der Waals surface area contributed by atoms with Gasteiger partial charge in [-0.15, -0.1) is 0 Å². The number of halogens is 2. The van der Waals surface area contributed by atoms with Crippen LogP contribution in [-0.2, 0) is 0 Å². The summed E-state index contributed by atoms with van der Waals surface area (Å²) < 4.78 is 18.7. The summed E-state index contributed by atoms with van der Waals surface area (Å²) in [6.45, 7) is 0. The molecule has 0 saturated heterocycles.